The van der Waals surface area contributed by atoms with E-state index in [1.54, 1.807) is 11.0 Å². The summed E-state index contributed by atoms with van der Waals surface area (Å²) in [4.78, 5) is 24.3. The Bertz CT molecular complexity index is 511. The van der Waals surface area contributed by atoms with Crippen molar-refractivity contribution in [2.45, 2.75) is 12.5 Å². The summed E-state index contributed by atoms with van der Waals surface area (Å²) >= 11 is 2.13. The number of carbonyl (C=O) groups excluding carboxylic acids is 1. The summed E-state index contributed by atoms with van der Waals surface area (Å²) in [5, 5.41) is 8.58. The van der Waals surface area contributed by atoms with Crippen LogP contribution in [0, 0.1) is 3.57 Å². The van der Waals surface area contributed by atoms with Gasteiger partial charge in [0.1, 0.15) is 12.2 Å². The zero-order valence-corrected chi connectivity index (χ0v) is 12.6. The normalized spacial score (nSPS) is 16.8. The molecule has 19 heavy (non-hydrogen) atoms. The molecule has 0 atom stereocenters. The SMILES string of the molecule is CC1(OCC(=O)O)CN(C(=O)c2ccccc2I)C1. The van der Waals surface area contributed by atoms with Crippen LogP contribution in [0.1, 0.15) is 17.3 Å². The Morgan fingerprint density at radius 1 is 1.42 bits per heavy atom. The third-order valence-corrected chi connectivity index (χ3v) is 3.93. The molecule has 0 aromatic heterocycles. The molecule has 1 aromatic rings. The van der Waals surface area contributed by atoms with Crippen molar-refractivity contribution in [1.29, 1.82) is 0 Å². The molecule has 1 saturated heterocycles. The molecule has 1 aliphatic heterocycles. The standard InChI is InChI=1S/C13H14INO4/c1-13(19-6-11(16)17)7-15(8-13)12(18)9-4-2-3-5-10(9)14/h2-5H,6-8H2,1H3,(H,16,17). The van der Waals surface area contributed by atoms with E-state index in [1.807, 2.05) is 25.1 Å². The molecule has 1 amide bonds. The van der Waals surface area contributed by atoms with Crippen molar-refractivity contribution in [1.82, 2.24) is 4.90 Å². The molecular formula is C13H14INO4. The third-order valence-electron chi connectivity index (χ3n) is 2.99. The van der Waals surface area contributed by atoms with Crippen LogP contribution in [0.25, 0.3) is 0 Å². The van der Waals surface area contributed by atoms with E-state index in [2.05, 4.69) is 22.6 Å². The Hall–Kier alpha value is -1.15. The van der Waals surface area contributed by atoms with E-state index in [4.69, 9.17) is 9.84 Å². The van der Waals surface area contributed by atoms with Gasteiger partial charge in [-0.15, -0.1) is 0 Å². The molecule has 1 aromatic carbocycles. The molecular weight excluding hydrogens is 361 g/mol. The number of ether oxygens (including phenoxy) is 1. The summed E-state index contributed by atoms with van der Waals surface area (Å²) in [5.41, 5.74) is 0.122. The van der Waals surface area contributed by atoms with Crippen molar-refractivity contribution in [2.75, 3.05) is 19.7 Å². The average molecular weight is 375 g/mol. The van der Waals surface area contributed by atoms with Crippen LogP contribution in [-0.4, -0.2) is 47.2 Å². The lowest BCUT2D eigenvalue weighted by atomic mass is 9.95. The van der Waals surface area contributed by atoms with E-state index in [0.29, 0.717) is 18.7 Å². The van der Waals surface area contributed by atoms with Crippen molar-refractivity contribution in [3.05, 3.63) is 33.4 Å². The van der Waals surface area contributed by atoms with Crippen LogP contribution in [0.15, 0.2) is 24.3 Å². The average Bonchev–Trinajstić information content (AvgIpc) is 2.33. The van der Waals surface area contributed by atoms with Gasteiger partial charge in [-0.3, -0.25) is 4.79 Å². The lowest BCUT2D eigenvalue weighted by Crippen LogP contribution is -2.63. The number of aliphatic carboxylic acids is 1. The molecule has 0 spiro atoms. The largest absolute Gasteiger partial charge is 0.480 e. The van der Waals surface area contributed by atoms with Gasteiger partial charge in [0.15, 0.2) is 0 Å². The highest BCUT2D eigenvalue weighted by Crippen LogP contribution is 2.27. The lowest BCUT2D eigenvalue weighted by Gasteiger charge is -2.47. The smallest absolute Gasteiger partial charge is 0.329 e. The van der Waals surface area contributed by atoms with Gasteiger partial charge in [0.25, 0.3) is 5.91 Å². The summed E-state index contributed by atoms with van der Waals surface area (Å²) < 4.78 is 6.19. The van der Waals surface area contributed by atoms with Crippen LogP contribution in [-0.2, 0) is 9.53 Å². The Morgan fingerprint density at radius 2 is 2.05 bits per heavy atom. The number of carbonyl (C=O) groups is 2. The molecule has 2 rings (SSSR count). The Labute approximate surface area is 124 Å². The Kier molecular flexibility index (Phi) is 4.10. The van der Waals surface area contributed by atoms with E-state index in [1.165, 1.54) is 0 Å². The minimum Gasteiger partial charge on any atom is -0.480 e. The van der Waals surface area contributed by atoms with Gasteiger partial charge in [-0.05, 0) is 41.6 Å². The molecule has 1 aliphatic rings. The Balaban J connectivity index is 1.95. The number of carboxylic acids is 1. The topological polar surface area (TPSA) is 66.8 Å². The monoisotopic (exact) mass is 375 g/mol. The van der Waals surface area contributed by atoms with Crippen LogP contribution in [0.2, 0.25) is 0 Å². The van der Waals surface area contributed by atoms with Crippen molar-refractivity contribution in [2.24, 2.45) is 0 Å². The summed E-state index contributed by atoms with van der Waals surface area (Å²) in [6, 6.07) is 7.38. The van der Waals surface area contributed by atoms with Crippen LogP contribution < -0.4 is 0 Å². The number of benzene rings is 1. The van der Waals surface area contributed by atoms with Crippen LogP contribution >= 0.6 is 22.6 Å². The van der Waals surface area contributed by atoms with E-state index in [-0.39, 0.29) is 12.5 Å². The molecule has 1 heterocycles. The second-order valence-corrected chi connectivity index (χ2v) is 5.94. The molecule has 0 aliphatic carbocycles. The molecule has 0 radical (unpaired) electrons. The second-order valence-electron chi connectivity index (χ2n) is 4.77. The van der Waals surface area contributed by atoms with Crippen LogP contribution in [0.4, 0.5) is 0 Å². The van der Waals surface area contributed by atoms with Gasteiger partial charge in [-0.2, -0.15) is 0 Å². The molecule has 102 valence electrons. The van der Waals surface area contributed by atoms with Gasteiger partial charge in [0.2, 0.25) is 0 Å². The van der Waals surface area contributed by atoms with Gasteiger partial charge < -0.3 is 14.7 Å². The molecule has 0 unspecified atom stereocenters. The summed E-state index contributed by atoms with van der Waals surface area (Å²) in [6.07, 6.45) is 0. The highest BCUT2D eigenvalue weighted by atomic mass is 127. The van der Waals surface area contributed by atoms with Gasteiger partial charge in [-0.1, -0.05) is 12.1 Å². The van der Waals surface area contributed by atoms with E-state index >= 15 is 0 Å². The molecule has 6 heteroatoms. The number of halogens is 1. The maximum Gasteiger partial charge on any atom is 0.329 e. The predicted octanol–water partition coefficient (Wildman–Crippen LogP) is 1.61. The highest BCUT2D eigenvalue weighted by Gasteiger charge is 2.43. The Morgan fingerprint density at radius 3 is 2.63 bits per heavy atom. The number of carboxylic acid groups (broad SMARTS) is 1. The van der Waals surface area contributed by atoms with Crippen LogP contribution in [0.5, 0.6) is 0 Å². The van der Waals surface area contributed by atoms with Gasteiger partial charge in [0, 0.05) is 3.57 Å². The molecule has 1 N–H and O–H groups in total. The molecule has 1 fully saturated rings. The van der Waals surface area contributed by atoms with E-state index < -0.39 is 11.6 Å². The second kappa shape index (κ2) is 5.46. The van der Waals surface area contributed by atoms with Crippen LogP contribution in [0.3, 0.4) is 0 Å². The number of amides is 1. The maximum absolute atomic E-state index is 12.2. The van der Waals surface area contributed by atoms with Gasteiger partial charge in [-0.25, -0.2) is 4.79 Å². The summed E-state index contributed by atoms with van der Waals surface area (Å²) in [6.45, 7) is 2.32. The van der Waals surface area contributed by atoms with Crippen molar-refractivity contribution < 1.29 is 19.4 Å². The van der Waals surface area contributed by atoms with Gasteiger partial charge >= 0.3 is 5.97 Å². The fourth-order valence-electron chi connectivity index (χ4n) is 2.04. The maximum atomic E-state index is 12.2. The number of rotatable bonds is 4. The molecule has 5 nitrogen and oxygen atoms in total. The highest BCUT2D eigenvalue weighted by molar-refractivity contribution is 14.1. The minimum atomic E-state index is -0.997. The first-order valence-electron chi connectivity index (χ1n) is 5.81. The van der Waals surface area contributed by atoms with Crippen molar-refractivity contribution >= 4 is 34.5 Å². The minimum absolute atomic E-state index is 0.0404. The zero-order chi connectivity index (χ0) is 14.0. The quantitative estimate of drug-likeness (QED) is 0.813. The number of likely N-dealkylation sites (tertiary alicyclic amines) is 1. The molecule has 0 bridgehead atoms. The summed E-state index contributed by atoms with van der Waals surface area (Å²) in [7, 11) is 0. The lowest BCUT2D eigenvalue weighted by molar-refractivity contribution is -0.159. The first-order valence-corrected chi connectivity index (χ1v) is 6.89. The number of hydrogen-bond acceptors (Lipinski definition) is 3. The first kappa shape index (κ1) is 14.3. The van der Waals surface area contributed by atoms with Crippen molar-refractivity contribution in [3.63, 3.8) is 0 Å². The predicted molar refractivity (Wildman–Crippen MR) is 77.1 cm³/mol. The fourth-order valence-corrected chi connectivity index (χ4v) is 2.66. The third kappa shape index (κ3) is 3.24. The zero-order valence-electron chi connectivity index (χ0n) is 10.4. The van der Waals surface area contributed by atoms with E-state index in [0.717, 1.165) is 3.57 Å². The van der Waals surface area contributed by atoms with Gasteiger partial charge in [0.05, 0.1) is 18.7 Å². The summed E-state index contributed by atoms with van der Waals surface area (Å²) in [5.74, 6) is -1.04. The number of nitrogens with zero attached hydrogens (tertiary/aromatic N) is 1. The first-order chi connectivity index (χ1) is 8.91. The van der Waals surface area contributed by atoms with E-state index in [9.17, 15) is 9.59 Å². The molecule has 0 saturated carbocycles. The number of hydrogen-bond donors (Lipinski definition) is 1. The fraction of sp³-hybridized carbons (Fsp3) is 0.385. The van der Waals surface area contributed by atoms with Crippen molar-refractivity contribution in [3.8, 4) is 0 Å².